The first kappa shape index (κ1) is 29.9. The van der Waals surface area contributed by atoms with E-state index in [4.69, 9.17) is 9.47 Å². The number of nitrogens with zero attached hydrogens (tertiary/aromatic N) is 2. The minimum Gasteiger partial charge on any atom is -0.457 e. The molecule has 41 heavy (non-hydrogen) atoms. The maximum atomic E-state index is 13.4. The lowest BCUT2D eigenvalue weighted by Gasteiger charge is -2.36. The van der Waals surface area contributed by atoms with Crippen molar-refractivity contribution in [1.82, 2.24) is 15.1 Å². The number of piperazine rings is 1. The Morgan fingerprint density at radius 1 is 0.805 bits per heavy atom. The number of amides is 3. The van der Waals surface area contributed by atoms with Gasteiger partial charge in [-0.25, -0.2) is 9.18 Å². The number of carbonyl (C=O) groups excluding carboxylic acids is 2. The maximum Gasteiger partial charge on any atom is 0.321 e. The summed E-state index contributed by atoms with van der Waals surface area (Å²) < 4.78 is 25.4. The third kappa shape index (κ3) is 8.69. The summed E-state index contributed by atoms with van der Waals surface area (Å²) in [4.78, 5) is 29.5. The minimum atomic E-state index is -0.363. The maximum absolute atomic E-state index is 13.4. The lowest BCUT2D eigenvalue weighted by Crippen LogP contribution is -2.50. The molecule has 0 unspecified atom stereocenters. The van der Waals surface area contributed by atoms with Gasteiger partial charge in [0.15, 0.2) is 0 Å². The van der Waals surface area contributed by atoms with Crippen molar-refractivity contribution >= 4 is 17.6 Å². The van der Waals surface area contributed by atoms with Gasteiger partial charge in [0.05, 0.1) is 0 Å². The standard InChI is InChI=1S/C32H39FN4O4/c1-4-23(5-2)22-36-15-17-37(18-16-36)32(39)35-26-19-29(21-30(20-26)41-28-13-9-25(33)10-14-28)40-27-11-7-24(8-12-27)31(38)34-6-3/h7-14,19-21,23H,4-6,15-18,22H2,1-3H3,(H,34,38)(H,35,39). The number of anilines is 1. The highest BCUT2D eigenvalue weighted by molar-refractivity contribution is 5.94. The van der Waals surface area contributed by atoms with Gasteiger partial charge in [0.1, 0.15) is 28.8 Å². The van der Waals surface area contributed by atoms with Crippen LogP contribution in [0.5, 0.6) is 23.0 Å². The van der Waals surface area contributed by atoms with Crippen LogP contribution in [0.15, 0.2) is 66.7 Å². The number of hydrogen-bond donors (Lipinski definition) is 2. The average molecular weight is 563 g/mol. The first-order chi connectivity index (χ1) is 19.9. The molecular weight excluding hydrogens is 523 g/mol. The number of halogens is 1. The summed E-state index contributed by atoms with van der Waals surface area (Å²) in [7, 11) is 0. The number of ether oxygens (including phenoxy) is 2. The average Bonchev–Trinajstić information content (AvgIpc) is 2.98. The van der Waals surface area contributed by atoms with E-state index in [-0.39, 0.29) is 17.8 Å². The fourth-order valence-electron chi connectivity index (χ4n) is 4.72. The highest BCUT2D eigenvalue weighted by atomic mass is 19.1. The zero-order valence-electron chi connectivity index (χ0n) is 24.0. The van der Waals surface area contributed by atoms with Crippen LogP contribution in [-0.4, -0.2) is 61.0 Å². The molecule has 3 aromatic carbocycles. The van der Waals surface area contributed by atoms with Gasteiger partial charge in [-0.2, -0.15) is 0 Å². The summed E-state index contributed by atoms with van der Waals surface area (Å²) in [6.45, 7) is 10.9. The van der Waals surface area contributed by atoms with Gasteiger partial charge in [-0.1, -0.05) is 26.7 Å². The van der Waals surface area contributed by atoms with Gasteiger partial charge < -0.3 is 25.0 Å². The molecule has 0 atom stereocenters. The zero-order chi connectivity index (χ0) is 29.2. The van der Waals surface area contributed by atoms with Crippen molar-refractivity contribution in [3.63, 3.8) is 0 Å². The molecule has 0 saturated carbocycles. The Balaban J connectivity index is 1.47. The lowest BCUT2D eigenvalue weighted by molar-refractivity contribution is 0.0955. The van der Waals surface area contributed by atoms with E-state index >= 15 is 0 Å². The predicted octanol–water partition coefficient (Wildman–Crippen LogP) is 6.75. The van der Waals surface area contributed by atoms with Crippen molar-refractivity contribution in [3.8, 4) is 23.0 Å². The largest absolute Gasteiger partial charge is 0.457 e. The minimum absolute atomic E-state index is 0.157. The second-order valence-electron chi connectivity index (χ2n) is 10.1. The van der Waals surface area contributed by atoms with Gasteiger partial charge in [0, 0.05) is 68.7 Å². The Kier molecular flexibility index (Phi) is 10.6. The highest BCUT2D eigenvalue weighted by Crippen LogP contribution is 2.33. The highest BCUT2D eigenvalue weighted by Gasteiger charge is 2.23. The topological polar surface area (TPSA) is 83.1 Å². The number of rotatable bonds is 11. The molecular formula is C32H39FN4O4. The van der Waals surface area contributed by atoms with Crippen LogP contribution in [0.25, 0.3) is 0 Å². The zero-order valence-corrected chi connectivity index (χ0v) is 24.0. The second-order valence-corrected chi connectivity index (χ2v) is 10.1. The second kappa shape index (κ2) is 14.5. The number of carbonyl (C=O) groups is 2. The fourth-order valence-corrected chi connectivity index (χ4v) is 4.72. The molecule has 1 heterocycles. The van der Waals surface area contributed by atoms with Crippen LogP contribution in [-0.2, 0) is 0 Å². The van der Waals surface area contributed by atoms with Crippen LogP contribution in [0.2, 0.25) is 0 Å². The van der Waals surface area contributed by atoms with Crippen molar-refractivity contribution in [2.24, 2.45) is 5.92 Å². The summed E-state index contributed by atoms with van der Waals surface area (Å²) in [6, 6.07) is 17.4. The van der Waals surface area contributed by atoms with Crippen LogP contribution in [0.4, 0.5) is 14.9 Å². The number of hydrogen-bond acceptors (Lipinski definition) is 5. The fraction of sp³-hybridized carbons (Fsp3) is 0.375. The number of urea groups is 1. The molecule has 1 aliphatic heterocycles. The van der Waals surface area contributed by atoms with Crippen molar-refractivity contribution in [2.45, 2.75) is 33.6 Å². The quantitative estimate of drug-likeness (QED) is 0.270. The molecule has 218 valence electrons. The number of nitrogens with one attached hydrogen (secondary N) is 2. The van der Waals surface area contributed by atoms with Gasteiger partial charge in [0.25, 0.3) is 5.91 Å². The van der Waals surface area contributed by atoms with Gasteiger partial charge in [-0.05, 0) is 61.4 Å². The molecule has 2 N–H and O–H groups in total. The molecule has 0 aromatic heterocycles. The Bertz CT molecular complexity index is 1290. The summed E-state index contributed by atoms with van der Waals surface area (Å²) in [5.41, 5.74) is 1.03. The molecule has 0 radical (unpaired) electrons. The molecule has 4 rings (SSSR count). The summed E-state index contributed by atoms with van der Waals surface area (Å²) >= 11 is 0. The molecule has 3 amide bonds. The van der Waals surface area contributed by atoms with Gasteiger partial charge in [-0.15, -0.1) is 0 Å². The molecule has 1 saturated heterocycles. The van der Waals surface area contributed by atoms with E-state index < -0.39 is 0 Å². The van der Waals surface area contributed by atoms with Crippen LogP contribution in [0.1, 0.15) is 44.0 Å². The molecule has 0 spiro atoms. The lowest BCUT2D eigenvalue weighted by atomic mass is 10.0. The van der Waals surface area contributed by atoms with E-state index in [2.05, 4.69) is 29.4 Å². The SMILES string of the molecule is CCNC(=O)c1ccc(Oc2cc(NC(=O)N3CCN(CC(CC)CC)CC3)cc(Oc3ccc(F)cc3)c2)cc1. The van der Waals surface area contributed by atoms with E-state index in [0.717, 1.165) is 32.5 Å². The van der Waals surface area contributed by atoms with Gasteiger partial charge in [-0.3, -0.25) is 9.69 Å². The molecule has 0 bridgehead atoms. The van der Waals surface area contributed by atoms with Crippen molar-refractivity contribution in [1.29, 1.82) is 0 Å². The Morgan fingerprint density at radius 3 is 1.90 bits per heavy atom. The van der Waals surface area contributed by atoms with Crippen molar-refractivity contribution in [3.05, 3.63) is 78.1 Å². The third-order valence-electron chi connectivity index (χ3n) is 7.20. The monoisotopic (exact) mass is 562 g/mol. The van der Waals surface area contributed by atoms with Crippen LogP contribution >= 0.6 is 0 Å². The van der Waals surface area contributed by atoms with E-state index in [9.17, 15) is 14.0 Å². The molecule has 8 nitrogen and oxygen atoms in total. The smallest absolute Gasteiger partial charge is 0.321 e. The summed E-state index contributed by atoms with van der Waals surface area (Å²) in [5, 5.41) is 5.75. The first-order valence-corrected chi connectivity index (χ1v) is 14.3. The van der Waals surface area contributed by atoms with E-state index in [0.29, 0.717) is 59.8 Å². The molecule has 0 aliphatic carbocycles. The Hall–Kier alpha value is -4.11. The van der Waals surface area contributed by atoms with Crippen LogP contribution in [0, 0.1) is 11.7 Å². The predicted molar refractivity (Wildman–Crippen MR) is 159 cm³/mol. The third-order valence-corrected chi connectivity index (χ3v) is 7.20. The van der Waals surface area contributed by atoms with Crippen LogP contribution in [0.3, 0.4) is 0 Å². The molecule has 3 aromatic rings. The summed E-state index contributed by atoms with van der Waals surface area (Å²) in [5.74, 6) is 1.97. The van der Waals surface area contributed by atoms with Gasteiger partial charge >= 0.3 is 6.03 Å². The number of benzene rings is 3. The van der Waals surface area contributed by atoms with E-state index in [1.807, 2.05) is 11.8 Å². The molecule has 1 aliphatic rings. The van der Waals surface area contributed by atoms with E-state index in [1.54, 1.807) is 42.5 Å². The Labute approximate surface area is 241 Å². The van der Waals surface area contributed by atoms with Crippen molar-refractivity contribution in [2.75, 3.05) is 44.6 Å². The first-order valence-electron chi connectivity index (χ1n) is 14.3. The van der Waals surface area contributed by atoms with Gasteiger partial charge in [0.2, 0.25) is 0 Å². The van der Waals surface area contributed by atoms with E-state index in [1.165, 1.54) is 24.3 Å². The molecule has 1 fully saturated rings. The Morgan fingerprint density at radius 2 is 1.37 bits per heavy atom. The van der Waals surface area contributed by atoms with Crippen molar-refractivity contribution < 1.29 is 23.5 Å². The molecule has 9 heteroatoms. The normalized spacial score (nSPS) is 13.6. The summed E-state index contributed by atoms with van der Waals surface area (Å²) in [6.07, 6.45) is 2.33. The van der Waals surface area contributed by atoms with Crippen LogP contribution < -0.4 is 20.1 Å².